The first-order valence-electron chi connectivity index (χ1n) is 7.68. The SMILES string of the molecule is Cc1ccc(NCCN(C)CC2(N(C)C)CCC2)cc1. The topological polar surface area (TPSA) is 18.5 Å². The Morgan fingerprint density at radius 2 is 1.75 bits per heavy atom. The Morgan fingerprint density at radius 1 is 1.10 bits per heavy atom. The van der Waals surface area contributed by atoms with Crippen LogP contribution in [0, 0.1) is 6.92 Å². The van der Waals surface area contributed by atoms with E-state index >= 15 is 0 Å². The van der Waals surface area contributed by atoms with Crippen LogP contribution in [0.25, 0.3) is 0 Å². The van der Waals surface area contributed by atoms with Gasteiger partial charge < -0.3 is 15.1 Å². The highest BCUT2D eigenvalue weighted by Crippen LogP contribution is 2.36. The van der Waals surface area contributed by atoms with E-state index in [1.54, 1.807) is 0 Å². The Morgan fingerprint density at radius 3 is 2.25 bits per heavy atom. The maximum absolute atomic E-state index is 3.50. The molecule has 20 heavy (non-hydrogen) atoms. The molecule has 0 aromatic heterocycles. The zero-order valence-electron chi connectivity index (χ0n) is 13.4. The van der Waals surface area contributed by atoms with Crippen LogP contribution in [0.1, 0.15) is 24.8 Å². The molecular formula is C17H29N3. The Labute approximate surface area is 124 Å². The van der Waals surface area contributed by atoms with Gasteiger partial charge in [0.2, 0.25) is 0 Å². The first kappa shape index (κ1) is 15.3. The Bertz CT molecular complexity index is 407. The van der Waals surface area contributed by atoms with Crippen molar-refractivity contribution in [2.24, 2.45) is 0 Å². The fourth-order valence-corrected chi connectivity index (χ4v) is 2.98. The molecule has 0 heterocycles. The van der Waals surface area contributed by atoms with Crippen molar-refractivity contribution in [3.05, 3.63) is 29.8 Å². The van der Waals surface area contributed by atoms with Crippen LogP contribution in [-0.4, -0.2) is 56.1 Å². The van der Waals surface area contributed by atoms with Gasteiger partial charge >= 0.3 is 0 Å². The first-order chi connectivity index (χ1) is 9.52. The number of anilines is 1. The van der Waals surface area contributed by atoms with E-state index in [4.69, 9.17) is 0 Å². The summed E-state index contributed by atoms with van der Waals surface area (Å²) >= 11 is 0. The fourth-order valence-electron chi connectivity index (χ4n) is 2.98. The van der Waals surface area contributed by atoms with Gasteiger partial charge in [-0.15, -0.1) is 0 Å². The molecule has 1 saturated carbocycles. The number of nitrogens with zero attached hydrogens (tertiary/aromatic N) is 2. The van der Waals surface area contributed by atoms with Crippen LogP contribution in [0.3, 0.4) is 0 Å². The maximum Gasteiger partial charge on any atom is 0.0340 e. The molecule has 1 N–H and O–H groups in total. The Kier molecular flexibility index (Phi) is 5.06. The molecule has 1 fully saturated rings. The van der Waals surface area contributed by atoms with Crippen molar-refractivity contribution < 1.29 is 0 Å². The molecule has 3 nitrogen and oxygen atoms in total. The number of aryl methyl sites for hydroxylation is 1. The monoisotopic (exact) mass is 275 g/mol. The Balaban J connectivity index is 1.72. The predicted octanol–water partition coefficient (Wildman–Crippen LogP) is 2.82. The summed E-state index contributed by atoms with van der Waals surface area (Å²) in [5.74, 6) is 0. The van der Waals surface area contributed by atoms with Gasteiger partial charge in [0.25, 0.3) is 0 Å². The number of hydrogen-bond acceptors (Lipinski definition) is 3. The lowest BCUT2D eigenvalue weighted by atomic mass is 9.75. The minimum absolute atomic E-state index is 0.429. The minimum atomic E-state index is 0.429. The first-order valence-corrected chi connectivity index (χ1v) is 7.68. The van der Waals surface area contributed by atoms with E-state index in [0.717, 1.165) is 13.1 Å². The average Bonchev–Trinajstić information content (AvgIpc) is 2.36. The van der Waals surface area contributed by atoms with E-state index in [1.165, 1.54) is 37.1 Å². The second-order valence-corrected chi connectivity index (χ2v) is 6.50. The quantitative estimate of drug-likeness (QED) is 0.825. The number of likely N-dealkylation sites (N-methyl/N-ethyl adjacent to an activating group) is 2. The highest BCUT2D eigenvalue weighted by atomic mass is 15.2. The molecule has 0 bridgehead atoms. The van der Waals surface area contributed by atoms with E-state index in [9.17, 15) is 0 Å². The lowest BCUT2D eigenvalue weighted by molar-refractivity contribution is 0.0289. The molecule has 2 rings (SSSR count). The fraction of sp³-hybridized carbons (Fsp3) is 0.647. The van der Waals surface area contributed by atoms with Crippen LogP contribution in [0.15, 0.2) is 24.3 Å². The smallest absolute Gasteiger partial charge is 0.0340 e. The van der Waals surface area contributed by atoms with Gasteiger partial charge in [0.05, 0.1) is 0 Å². The summed E-state index contributed by atoms with van der Waals surface area (Å²) in [6.45, 7) is 5.39. The summed E-state index contributed by atoms with van der Waals surface area (Å²) in [6, 6.07) is 8.62. The molecule has 0 atom stereocenters. The van der Waals surface area contributed by atoms with Gasteiger partial charge in [-0.3, -0.25) is 0 Å². The third kappa shape index (κ3) is 3.74. The zero-order valence-corrected chi connectivity index (χ0v) is 13.4. The highest BCUT2D eigenvalue weighted by molar-refractivity contribution is 5.44. The van der Waals surface area contributed by atoms with Crippen molar-refractivity contribution in [3.8, 4) is 0 Å². The average molecular weight is 275 g/mol. The lowest BCUT2D eigenvalue weighted by Crippen LogP contribution is -2.57. The van der Waals surface area contributed by atoms with Gasteiger partial charge in [-0.25, -0.2) is 0 Å². The molecule has 0 saturated heterocycles. The van der Waals surface area contributed by atoms with Crippen molar-refractivity contribution in [3.63, 3.8) is 0 Å². The molecule has 0 amide bonds. The van der Waals surface area contributed by atoms with Gasteiger partial charge in [0.1, 0.15) is 0 Å². The third-order valence-corrected chi connectivity index (χ3v) is 4.67. The van der Waals surface area contributed by atoms with Crippen LogP contribution >= 0.6 is 0 Å². The van der Waals surface area contributed by atoms with Gasteiger partial charge in [-0.1, -0.05) is 17.7 Å². The number of benzene rings is 1. The molecule has 0 spiro atoms. The maximum atomic E-state index is 3.50. The van der Waals surface area contributed by atoms with Crippen molar-refractivity contribution in [2.75, 3.05) is 46.1 Å². The number of hydrogen-bond donors (Lipinski definition) is 1. The molecule has 1 aliphatic rings. The van der Waals surface area contributed by atoms with Crippen molar-refractivity contribution in [2.45, 2.75) is 31.7 Å². The number of rotatable bonds is 7. The third-order valence-electron chi connectivity index (χ3n) is 4.67. The minimum Gasteiger partial charge on any atom is -0.384 e. The largest absolute Gasteiger partial charge is 0.384 e. The lowest BCUT2D eigenvalue weighted by Gasteiger charge is -2.49. The van der Waals surface area contributed by atoms with Gasteiger partial charge in [-0.05, 0) is 59.5 Å². The molecule has 0 radical (unpaired) electrons. The van der Waals surface area contributed by atoms with Crippen molar-refractivity contribution >= 4 is 5.69 Å². The van der Waals surface area contributed by atoms with Crippen molar-refractivity contribution in [1.82, 2.24) is 9.80 Å². The van der Waals surface area contributed by atoms with Crippen LogP contribution in [0.4, 0.5) is 5.69 Å². The van der Waals surface area contributed by atoms with Gasteiger partial charge in [0.15, 0.2) is 0 Å². The molecule has 0 aliphatic heterocycles. The molecule has 112 valence electrons. The van der Waals surface area contributed by atoms with Crippen LogP contribution in [-0.2, 0) is 0 Å². The summed E-state index contributed by atoms with van der Waals surface area (Å²) in [7, 11) is 6.68. The van der Waals surface area contributed by atoms with E-state index in [0.29, 0.717) is 5.54 Å². The van der Waals surface area contributed by atoms with Crippen LogP contribution in [0.2, 0.25) is 0 Å². The normalized spacial score (nSPS) is 17.3. The van der Waals surface area contributed by atoms with E-state index < -0.39 is 0 Å². The van der Waals surface area contributed by atoms with E-state index in [2.05, 4.69) is 67.4 Å². The Hall–Kier alpha value is -1.06. The summed E-state index contributed by atoms with van der Waals surface area (Å²) < 4.78 is 0. The molecule has 0 unspecified atom stereocenters. The summed E-state index contributed by atoms with van der Waals surface area (Å²) in [5, 5.41) is 3.50. The van der Waals surface area contributed by atoms with Gasteiger partial charge in [-0.2, -0.15) is 0 Å². The standard InChI is InChI=1S/C17H29N3/c1-15-6-8-16(9-7-15)18-12-13-20(4)14-17(19(2)3)10-5-11-17/h6-9,18H,5,10-14H2,1-4H3. The second kappa shape index (κ2) is 6.59. The molecule has 3 heteroatoms. The van der Waals surface area contributed by atoms with Crippen LogP contribution in [0.5, 0.6) is 0 Å². The summed E-state index contributed by atoms with van der Waals surface area (Å²) in [4.78, 5) is 4.88. The zero-order chi connectivity index (χ0) is 14.6. The van der Waals surface area contributed by atoms with Crippen LogP contribution < -0.4 is 5.32 Å². The molecule has 1 aliphatic carbocycles. The molecule has 1 aromatic carbocycles. The highest BCUT2D eigenvalue weighted by Gasteiger charge is 2.39. The summed E-state index contributed by atoms with van der Waals surface area (Å²) in [6.07, 6.45) is 4.07. The predicted molar refractivity (Wildman–Crippen MR) is 87.4 cm³/mol. The molecule has 1 aromatic rings. The van der Waals surface area contributed by atoms with Crippen molar-refractivity contribution in [1.29, 1.82) is 0 Å². The summed E-state index contributed by atoms with van der Waals surface area (Å²) in [5.41, 5.74) is 2.96. The van der Waals surface area contributed by atoms with Gasteiger partial charge in [0, 0.05) is 30.9 Å². The van der Waals surface area contributed by atoms with E-state index in [1.807, 2.05) is 0 Å². The second-order valence-electron chi connectivity index (χ2n) is 6.50. The van der Waals surface area contributed by atoms with E-state index in [-0.39, 0.29) is 0 Å². The molecular weight excluding hydrogens is 246 g/mol. The number of nitrogens with one attached hydrogen (secondary N) is 1.